The standard InChI is InChI=1S/C24H24N8O3S/c33-22-13-18(15-36-24-27-28-29-32(24)19-4-2-1-3-5-19)25-23(26-22)31-10-8-30(9-11-31)14-17-6-7-20-21(12-17)35-16-34-20/h1-7,12-13H,8-11,14-16H2,(H,25,26,33). The quantitative estimate of drug-likeness (QED) is 0.375. The highest BCUT2D eigenvalue weighted by atomic mass is 32.2. The molecule has 0 spiro atoms. The van der Waals surface area contributed by atoms with Crippen molar-refractivity contribution in [2.75, 3.05) is 37.9 Å². The Morgan fingerprint density at radius 3 is 2.67 bits per heavy atom. The van der Waals surface area contributed by atoms with Crippen LogP contribution in [0.2, 0.25) is 0 Å². The molecule has 11 nitrogen and oxygen atoms in total. The first-order valence-electron chi connectivity index (χ1n) is 11.6. The zero-order valence-electron chi connectivity index (χ0n) is 19.4. The number of nitrogens with zero attached hydrogens (tertiary/aromatic N) is 7. The number of aromatic amines is 1. The second-order valence-electron chi connectivity index (χ2n) is 8.51. The van der Waals surface area contributed by atoms with E-state index in [2.05, 4.69) is 36.4 Å². The van der Waals surface area contributed by atoms with Crippen LogP contribution in [0.3, 0.4) is 0 Å². The molecule has 184 valence electrons. The Balaban J connectivity index is 1.08. The van der Waals surface area contributed by atoms with Crippen molar-refractivity contribution in [3.8, 4) is 17.2 Å². The zero-order valence-corrected chi connectivity index (χ0v) is 20.2. The fraction of sp³-hybridized carbons (Fsp3) is 0.292. The second-order valence-corrected chi connectivity index (χ2v) is 9.45. The lowest BCUT2D eigenvalue weighted by atomic mass is 10.1. The number of thioether (sulfide) groups is 1. The van der Waals surface area contributed by atoms with Gasteiger partial charge >= 0.3 is 0 Å². The maximum Gasteiger partial charge on any atom is 0.252 e. The molecular weight excluding hydrogens is 480 g/mol. The number of piperazine rings is 1. The number of rotatable bonds is 7. The topological polar surface area (TPSA) is 114 Å². The number of aromatic nitrogens is 6. The number of para-hydroxylation sites is 1. The first kappa shape index (κ1) is 22.6. The van der Waals surface area contributed by atoms with Crippen LogP contribution in [0.25, 0.3) is 5.69 Å². The summed E-state index contributed by atoms with van der Waals surface area (Å²) in [7, 11) is 0. The number of benzene rings is 2. The predicted molar refractivity (Wildman–Crippen MR) is 134 cm³/mol. The van der Waals surface area contributed by atoms with Crippen LogP contribution in [0.4, 0.5) is 5.95 Å². The normalized spacial score (nSPS) is 15.4. The molecule has 0 amide bonds. The molecule has 2 aliphatic rings. The van der Waals surface area contributed by atoms with E-state index >= 15 is 0 Å². The molecule has 12 heteroatoms. The number of fused-ring (bicyclic) bond motifs is 1. The molecule has 2 aromatic carbocycles. The SMILES string of the molecule is O=c1cc(CSc2nnnn2-c2ccccc2)nc(N2CCN(Cc3ccc4c(c3)OCO4)CC2)[nH]1. The summed E-state index contributed by atoms with van der Waals surface area (Å²) in [6, 6.07) is 17.3. The highest BCUT2D eigenvalue weighted by Crippen LogP contribution is 2.33. The van der Waals surface area contributed by atoms with Gasteiger partial charge in [0.05, 0.1) is 11.4 Å². The molecule has 0 saturated carbocycles. The molecule has 0 unspecified atom stereocenters. The molecule has 4 heterocycles. The summed E-state index contributed by atoms with van der Waals surface area (Å²) in [5.41, 5.74) is 2.59. The molecule has 4 aromatic rings. The van der Waals surface area contributed by atoms with E-state index in [-0.39, 0.29) is 12.4 Å². The maximum absolute atomic E-state index is 12.4. The number of anilines is 1. The van der Waals surface area contributed by atoms with Gasteiger partial charge in [-0.15, -0.1) is 5.10 Å². The van der Waals surface area contributed by atoms with Gasteiger partial charge in [0.15, 0.2) is 11.5 Å². The number of tetrazole rings is 1. The van der Waals surface area contributed by atoms with Crippen molar-refractivity contribution in [2.24, 2.45) is 0 Å². The van der Waals surface area contributed by atoms with Crippen LogP contribution in [-0.2, 0) is 12.3 Å². The molecule has 2 aliphatic heterocycles. The van der Waals surface area contributed by atoms with Crippen LogP contribution < -0.4 is 19.9 Å². The molecule has 1 saturated heterocycles. The molecule has 36 heavy (non-hydrogen) atoms. The van der Waals surface area contributed by atoms with E-state index < -0.39 is 0 Å². The fourth-order valence-electron chi connectivity index (χ4n) is 4.27. The van der Waals surface area contributed by atoms with Gasteiger partial charge in [0.1, 0.15) is 0 Å². The molecule has 6 rings (SSSR count). The second kappa shape index (κ2) is 9.99. The number of ether oxygens (including phenoxy) is 2. The Bertz CT molecular complexity index is 1400. The lowest BCUT2D eigenvalue weighted by Crippen LogP contribution is -2.47. The average Bonchev–Trinajstić information content (AvgIpc) is 3.57. The first-order valence-corrected chi connectivity index (χ1v) is 12.6. The summed E-state index contributed by atoms with van der Waals surface area (Å²) in [4.78, 5) is 24.5. The van der Waals surface area contributed by atoms with Gasteiger partial charge in [-0.25, -0.2) is 4.98 Å². The summed E-state index contributed by atoms with van der Waals surface area (Å²) in [6.45, 7) is 4.39. The van der Waals surface area contributed by atoms with Gasteiger partial charge in [-0.05, 0) is 40.3 Å². The van der Waals surface area contributed by atoms with Gasteiger partial charge in [0.2, 0.25) is 17.9 Å². The molecule has 0 radical (unpaired) electrons. The molecular formula is C24H24N8O3S. The van der Waals surface area contributed by atoms with E-state index in [9.17, 15) is 4.79 Å². The van der Waals surface area contributed by atoms with Crippen LogP contribution in [0.1, 0.15) is 11.3 Å². The molecule has 1 fully saturated rings. The van der Waals surface area contributed by atoms with Crippen LogP contribution >= 0.6 is 11.8 Å². The van der Waals surface area contributed by atoms with Gasteiger partial charge in [0.25, 0.3) is 5.56 Å². The predicted octanol–water partition coefficient (Wildman–Crippen LogP) is 2.09. The van der Waals surface area contributed by atoms with Crippen molar-refractivity contribution in [1.29, 1.82) is 0 Å². The third kappa shape index (κ3) is 4.90. The van der Waals surface area contributed by atoms with Crippen molar-refractivity contribution in [3.63, 3.8) is 0 Å². The largest absolute Gasteiger partial charge is 0.454 e. The number of hydrogen-bond donors (Lipinski definition) is 1. The summed E-state index contributed by atoms with van der Waals surface area (Å²) < 4.78 is 12.6. The lowest BCUT2D eigenvalue weighted by Gasteiger charge is -2.35. The monoisotopic (exact) mass is 504 g/mol. The van der Waals surface area contributed by atoms with Gasteiger partial charge in [-0.1, -0.05) is 36.0 Å². The molecule has 0 bridgehead atoms. The fourth-order valence-corrected chi connectivity index (χ4v) is 5.05. The third-order valence-electron chi connectivity index (χ3n) is 6.09. The van der Waals surface area contributed by atoms with Crippen LogP contribution in [-0.4, -0.2) is 68.0 Å². The molecule has 2 aromatic heterocycles. The van der Waals surface area contributed by atoms with Crippen molar-refractivity contribution in [3.05, 3.63) is 76.2 Å². The minimum atomic E-state index is -0.166. The summed E-state index contributed by atoms with van der Waals surface area (Å²) in [6.07, 6.45) is 0. The van der Waals surface area contributed by atoms with E-state index in [0.29, 0.717) is 22.6 Å². The van der Waals surface area contributed by atoms with Crippen molar-refractivity contribution in [2.45, 2.75) is 17.5 Å². The van der Waals surface area contributed by atoms with Crippen LogP contribution in [0.15, 0.2) is 64.5 Å². The van der Waals surface area contributed by atoms with E-state index in [1.54, 1.807) is 4.68 Å². The smallest absolute Gasteiger partial charge is 0.252 e. The van der Waals surface area contributed by atoms with Crippen molar-refractivity contribution < 1.29 is 9.47 Å². The average molecular weight is 505 g/mol. The number of hydrogen-bond acceptors (Lipinski definition) is 10. The van der Waals surface area contributed by atoms with Crippen molar-refractivity contribution >= 4 is 17.7 Å². The lowest BCUT2D eigenvalue weighted by molar-refractivity contribution is 0.174. The Morgan fingerprint density at radius 1 is 0.972 bits per heavy atom. The zero-order chi connectivity index (χ0) is 24.3. The van der Waals surface area contributed by atoms with Gasteiger partial charge in [-0.3, -0.25) is 14.7 Å². The summed E-state index contributed by atoms with van der Waals surface area (Å²) in [5.74, 6) is 2.69. The molecule has 0 atom stereocenters. The van der Waals surface area contributed by atoms with E-state index in [1.165, 1.54) is 23.4 Å². The Kier molecular flexibility index (Phi) is 6.26. The van der Waals surface area contributed by atoms with E-state index in [0.717, 1.165) is 49.9 Å². The molecule has 0 aliphatic carbocycles. The highest BCUT2D eigenvalue weighted by Gasteiger charge is 2.21. The van der Waals surface area contributed by atoms with E-state index in [4.69, 9.17) is 14.5 Å². The van der Waals surface area contributed by atoms with E-state index in [1.807, 2.05) is 42.5 Å². The Morgan fingerprint density at radius 2 is 1.81 bits per heavy atom. The number of nitrogens with one attached hydrogen (secondary N) is 1. The number of H-pyrrole nitrogens is 1. The summed E-state index contributed by atoms with van der Waals surface area (Å²) in [5, 5.41) is 12.6. The first-order chi connectivity index (χ1) is 17.7. The van der Waals surface area contributed by atoms with Gasteiger partial charge < -0.3 is 14.4 Å². The van der Waals surface area contributed by atoms with Gasteiger partial charge in [0, 0.05) is 44.5 Å². The molecule has 1 N–H and O–H groups in total. The Labute approximate surface area is 211 Å². The third-order valence-corrected chi connectivity index (χ3v) is 7.04. The highest BCUT2D eigenvalue weighted by molar-refractivity contribution is 7.98. The van der Waals surface area contributed by atoms with Crippen LogP contribution in [0, 0.1) is 0 Å². The van der Waals surface area contributed by atoms with Gasteiger partial charge in [-0.2, -0.15) is 4.68 Å². The van der Waals surface area contributed by atoms with Crippen LogP contribution in [0.5, 0.6) is 11.5 Å². The Hall–Kier alpha value is -3.90. The minimum Gasteiger partial charge on any atom is -0.454 e. The minimum absolute atomic E-state index is 0.166. The summed E-state index contributed by atoms with van der Waals surface area (Å²) >= 11 is 1.44. The maximum atomic E-state index is 12.4. The van der Waals surface area contributed by atoms with Crippen molar-refractivity contribution in [1.82, 2.24) is 35.1 Å².